The van der Waals surface area contributed by atoms with Crippen LogP contribution < -0.4 is 10.5 Å². The number of aliphatic hydroxyl groups is 3. The van der Waals surface area contributed by atoms with Gasteiger partial charge in [-0.1, -0.05) is 18.2 Å². The van der Waals surface area contributed by atoms with Crippen molar-refractivity contribution in [2.24, 2.45) is 17.6 Å². The molecule has 0 bridgehead atoms. The number of hydrogen-bond acceptors (Lipinski definition) is 9. The molecule has 0 saturated heterocycles. The molecule has 2 aromatic rings. The molecule has 10 heteroatoms. The van der Waals surface area contributed by atoms with Crippen LogP contribution in [0.4, 0.5) is 0 Å². The highest BCUT2D eigenvalue weighted by Crippen LogP contribution is 2.53. The molecule has 4 unspecified atom stereocenters. The van der Waals surface area contributed by atoms with Gasteiger partial charge >= 0.3 is 0 Å². The Hall–Kier alpha value is -4.15. The highest BCUT2D eigenvalue weighted by atomic mass is 16.5. The highest BCUT2D eigenvalue weighted by molar-refractivity contribution is 6.24. The minimum atomic E-state index is -2.66. The molecule has 0 aliphatic heterocycles. The number of carbonyl (C=O) groups is 3. The minimum absolute atomic E-state index is 0.0276. The van der Waals surface area contributed by atoms with Crippen molar-refractivity contribution in [3.05, 3.63) is 64.4 Å². The second-order valence-electron chi connectivity index (χ2n) is 10.4. The molecule has 0 radical (unpaired) electrons. The molecule has 10 nitrogen and oxygen atoms in total. The number of aromatic hydroxyl groups is 1. The number of likely N-dealkylation sites (N-methyl/N-ethyl adjacent to an activating group) is 1. The van der Waals surface area contributed by atoms with Gasteiger partial charge in [-0.25, -0.2) is 0 Å². The van der Waals surface area contributed by atoms with Gasteiger partial charge in [0.15, 0.2) is 11.4 Å². The monoisotopic (exact) mass is 534 g/mol. The molecule has 3 aliphatic carbocycles. The average Bonchev–Trinajstić information content (AvgIpc) is 2.86. The van der Waals surface area contributed by atoms with Crippen LogP contribution >= 0.6 is 0 Å². The van der Waals surface area contributed by atoms with Gasteiger partial charge in [-0.15, -0.1) is 0 Å². The maximum absolute atomic E-state index is 13.9. The summed E-state index contributed by atoms with van der Waals surface area (Å²) in [4.78, 5) is 40.7. The predicted octanol–water partition coefficient (Wildman–Crippen LogP) is 2.03. The molecule has 1 fully saturated rings. The molecule has 204 valence electrons. The number of phenolic OH excluding ortho intramolecular Hbond substituents is 1. The molecule has 0 spiro atoms. The Morgan fingerprint density at radius 1 is 1.15 bits per heavy atom. The van der Waals surface area contributed by atoms with Crippen LogP contribution in [-0.2, 0) is 20.8 Å². The lowest BCUT2D eigenvalue weighted by Crippen LogP contribution is -2.65. The Labute approximate surface area is 224 Å². The molecular formula is C29H30N2O8. The third-order valence-corrected chi connectivity index (χ3v) is 8.06. The highest BCUT2D eigenvalue weighted by Gasteiger charge is 2.64. The summed E-state index contributed by atoms with van der Waals surface area (Å²) in [6, 6.07) is 9.35. The van der Waals surface area contributed by atoms with Crippen molar-refractivity contribution < 1.29 is 39.5 Å². The molecule has 39 heavy (non-hydrogen) atoms. The fourth-order valence-corrected chi connectivity index (χ4v) is 6.43. The zero-order chi connectivity index (χ0) is 28.4. The number of ketones is 2. The zero-order valence-electron chi connectivity index (χ0n) is 21.8. The first kappa shape index (κ1) is 26.5. The zero-order valence-corrected chi connectivity index (χ0v) is 21.8. The second-order valence-corrected chi connectivity index (χ2v) is 10.4. The van der Waals surface area contributed by atoms with Gasteiger partial charge in [-0.2, -0.15) is 0 Å². The first-order chi connectivity index (χ1) is 18.4. The Balaban J connectivity index is 1.72. The van der Waals surface area contributed by atoms with Gasteiger partial charge in [0.2, 0.25) is 5.78 Å². The van der Waals surface area contributed by atoms with E-state index in [1.165, 1.54) is 11.0 Å². The predicted molar refractivity (Wildman–Crippen MR) is 141 cm³/mol. The van der Waals surface area contributed by atoms with Gasteiger partial charge in [-0.3, -0.25) is 19.3 Å². The van der Waals surface area contributed by atoms with Crippen molar-refractivity contribution >= 4 is 23.2 Å². The van der Waals surface area contributed by atoms with Crippen molar-refractivity contribution in [1.82, 2.24) is 4.90 Å². The van der Waals surface area contributed by atoms with Crippen LogP contribution in [0.15, 0.2) is 53.3 Å². The fourth-order valence-electron chi connectivity index (χ4n) is 6.43. The number of aliphatic hydroxyl groups excluding tert-OH is 2. The van der Waals surface area contributed by atoms with Crippen LogP contribution in [0, 0.1) is 11.8 Å². The number of fused-ring (bicyclic) bond motifs is 3. The summed E-state index contributed by atoms with van der Waals surface area (Å²) >= 11 is 0. The molecule has 5 rings (SSSR count). The van der Waals surface area contributed by atoms with Crippen LogP contribution in [-0.4, -0.2) is 75.1 Å². The SMILES string of the molecule is CCOc1cccc(-c2ccc(O)c3c2CC2CC4C(N(C)C)C(=O)C(C(N)=O)=C(O)C4(O)C(=O)C2=C3O)c1. The number of carbonyl (C=O) groups excluding carboxylic acids is 3. The third kappa shape index (κ3) is 3.74. The van der Waals surface area contributed by atoms with E-state index >= 15 is 0 Å². The smallest absolute Gasteiger partial charge is 0.255 e. The van der Waals surface area contributed by atoms with E-state index in [4.69, 9.17) is 10.5 Å². The quantitative estimate of drug-likeness (QED) is 0.360. The summed E-state index contributed by atoms with van der Waals surface area (Å²) < 4.78 is 5.63. The maximum atomic E-state index is 13.9. The van der Waals surface area contributed by atoms with E-state index in [0.717, 1.165) is 5.56 Å². The third-order valence-electron chi connectivity index (χ3n) is 8.06. The lowest BCUT2D eigenvalue weighted by Gasteiger charge is -2.50. The van der Waals surface area contributed by atoms with Gasteiger partial charge < -0.3 is 30.9 Å². The van der Waals surface area contributed by atoms with Crippen LogP contribution in [0.1, 0.15) is 24.5 Å². The number of rotatable bonds is 5. The van der Waals surface area contributed by atoms with E-state index in [1.807, 2.05) is 31.2 Å². The molecule has 0 heterocycles. The van der Waals surface area contributed by atoms with Crippen molar-refractivity contribution in [3.63, 3.8) is 0 Å². The first-order valence-electron chi connectivity index (χ1n) is 12.7. The number of phenols is 1. The average molecular weight is 535 g/mol. The lowest BCUT2D eigenvalue weighted by atomic mass is 9.57. The summed E-state index contributed by atoms with van der Waals surface area (Å²) in [6.45, 7) is 2.35. The van der Waals surface area contributed by atoms with Crippen LogP contribution in [0.5, 0.6) is 11.5 Å². The molecule has 2 aromatic carbocycles. The summed E-state index contributed by atoms with van der Waals surface area (Å²) in [5.74, 6) is -6.11. The number of nitrogens with two attached hydrogens (primary N) is 1. The number of benzene rings is 2. The Kier molecular flexibility index (Phi) is 6.27. The standard InChI is InChI=1S/C29H30N2O8/c1-4-39-15-7-5-6-13(10-15)16-8-9-19(32)21-17(16)11-14-12-18-23(31(2)3)25(34)22(28(30)37)27(36)29(18,38)26(35)20(14)24(21)33/h5-10,14,18,23,32-33,36,38H,4,11-12H2,1-3H3,(H2,30,37). The topological polar surface area (TPSA) is 171 Å². The van der Waals surface area contributed by atoms with E-state index in [9.17, 15) is 34.8 Å². The lowest BCUT2D eigenvalue weighted by molar-refractivity contribution is -0.153. The number of amides is 1. The molecule has 1 saturated carbocycles. The molecular weight excluding hydrogens is 504 g/mol. The van der Waals surface area contributed by atoms with Crippen LogP contribution in [0.2, 0.25) is 0 Å². The fraction of sp³-hybridized carbons (Fsp3) is 0.345. The molecule has 4 atom stereocenters. The van der Waals surface area contributed by atoms with E-state index in [0.29, 0.717) is 23.5 Å². The van der Waals surface area contributed by atoms with E-state index in [2.05, 4.69) is 0 Å². The van der Waals surface area contributed by atoms with E-state index < -0.39 is 58.0 Å². The van der Waals surface area contributed by atoms with Gasteiger partial charge in [0.1, 0.15) is 28.6 Å². The molecule has 0 aromatic heterocycles. The first-order valence-corrected chi connectivity index (χ1v) is 12.7. The summed E-state index contributed by atoms with van der Waals surface area (Å²) in [5.41, 5.74) is 3.80. The largest absolute Gasteiger partial charge is 0.508 e. The number of ether oxygens (including phenoxy) is 1. The Morgan fingerprint density at radius 3 is 2.51 bits per heavy atom. The normalized spacial score (nSPS) is 26.3. The maximum Gasteiger partial charge on any atom is 0.255 e. The minimum Gasteiger partial charge on any atom is -0.508 e. The van der Waals surface area contributed by atoms with E-state index in [1.54, 1.807) is 20.2 Å². The second kappa shape index (κ2) is 9.25. The van der Waals surface area contributed by atoms with Gasteiger partial charge in [0.05, 0.1) is 18.2 Å². The van der Waals surface area contributed by atoms with E-state index in [-0.39, 0.29) is 29.7 Å². The van der Waals surface area contributed by atoms with Crippen molar-refractivity contribution in [2.45, 2.75) is 31.4 Å². The number of Topliss-reactive ketones (excluding diaryl/α,β-unsaturated/α-hetero) is 2. The number of nitrogens with zero attached hydrogens (tertiary/aromatic N) is 1. The van der Waals surface area contributed by atoms with Crippen LogP contribution in [0.25, 0.3) is 16.9 Å². The molecule has 1 amide bonds. The van der Waals surface area contributed by atoms with Crippen LogP contribution in [0.3, 0.4) is 0 Å². The summed E-state index contributed by atoms with van der Waals surface area (Å²) in [6.07, 6.45) is 0.233. The van der Waals surface area contributed by atoms with Crippen molar-refractivity contribution in [1.29, 1.82) is 0 Å². The molecule has 3 aliphatic rings. The van der Waals surface area contributed by atoms with Crippen molar-refractivity contribution in [3.8, 4) is 22.6 Å². The van der Waals surface area contributed by atoms with Gasteiger partial charge in [0.25, 0.3) is 5.91 Å². The number of hydrogen-bond donors (Lipinski definition) is 5. The van der Waals surface area contributed by atoms with Gasteiger partial charge in [-0.05, 0) is 74.7 Å². The van der Waals surface area contributed by atoms with Gasteiger partial charge in [0, 0.05) is 11.5 Å². The summed E-state index contributed by atoms with van der Waals surface area (Å²) in [7, 11) is 3.13. The Morgan fingerprint density at radius 2 is 1.87 bits per heavy atom. The number of primary amides is 1. The van der Waals surface area contributed by atoms with Crippen molar-refractivity contribution in [2.75, 3.05) is 20.7 Å². The molecule has 6 N–H and O–H groups in total. The summed E-state index contributed by atoms with van der Waals surface area (Å²) in [5, 5.41) is 44.8. The Bertz CT molecular complexity index is 1490.